The topological polar surface area (TPSA) is 49.4 Å². The lowest BCUT2D eigenvalue weighted by atomic mass is 10.1. The van der Waals surface area contributed by atoms with Crippen LogP contribution < -0.4 is 5.32 Å². The van der Waals surface area contributed by atoms with Gasteiger partial charge in [0.15, 0.2) is 0 Å². The summed E-state index contributed by atoms with van der Waals surface area (Å²) in [6.07, 6.45) is 0. The van der Waals surface area contributed by atoms with Crippen LogP contribution in [0.3, 0.4) is 0 Å². The highest BCUT2D eigenvalue weighted by Crippen LogP contribution is 2.18. The maximum Gasteiger partial charge on any atom is 0.242 e. The Bertz CT molecular complexity index is 856. The summed E-state index contributed by atoms with van der Waals surface area (Å²) in [5.74, 6) is 0.958. The second-order valence-electron chi connectivity index (χ2n) is 8.84. The van der Waals surface area contributed by atoms with E-state index in [0.29, 0.717) is 12.3 Å². The first kappa shape index (κ1) is 24.0. The minimum Gasteiger partial charge on any atom is -0.350 e. The average molecular weight is 427 g/mol. The van der Waals surface area contributed by atoms with Crippen LogP contribution in [0.15, 0.2) is 48.5 Å². The van der Waals surface area contributed by atoms with Gasteiger partial charge in [-0.05, 0) is 58.2 Å². The van der Waals surface area contributed by atoms with E-state index in [0.717, 1.165) is 16.9 Å². The van der Waals surface area contributed by atoms with E-state index in [1.807, 2.05) is 58.9 Å². The fourth-order valence-electron chi connectivity index (χ4n) is 3.05. The maximum absolute atomic E-state index is 13.1. The fraction of sp³-hybridized carbons (Fsp3) is 0.440. The number of thioether (sulfide) groups is 1. The van der Waals surface area contributed by atoms with Crippen molar-refractivity contribution in [3.8, 4) is 0 Å². The third-order valence-corrected chi connectivity index (χ3v) is 5.87. The van der Waals surface area contributed by atoms with E-state index in [4.69, 9.17) is 0 Å². The molecule has 0 aliphatic carbocycles. The quantitative estimate of drug-likeness (QED) is 0.655. The molecular formula is C25H34N2O2S. The molecule has 2 rings (SSSR count). The van der Waals surface area contributed by atoms with E-state index in [1.54, 1.807) is 16.7 Å². The number of aryl methyl sites for hydroxylation is 2. The van der Waals surface area contributed by atoms with Crippen molar-refractivity contribution in [2.24, 2.45) is 0 Å². The zero-order valence-electron chi connectivity index (χ0n) is 19.0. The van der Waals surface area contributed by atoms with E-state index < -0.39 is 6.04 Å². The molecule has 0 aliphatic heterocycles. The Balaban J connectivity index is 2.10. The number of rotatable bonds is 8. The van der Waals surface area contributed by atoms with Crippen LogP contribution in [0.2, 0.25) is 0 Å². The van der Waals surface area contributed by atoms with Gasteiger partial charge in [-0.2, -0.15) is 0 Å². The van der Waals surface area contributed by atoms with Crippen molar-refractivity contribution in [1.29, 1.82) is 0 Å². The Morgan fingerprint density at radius 1 is 1.03 bits per heavy atom. The summed E-state index contributed by atoms with van der Waals surface area (Å²) in [7, 11) is 0. The standard InChI is InChI=1S/C25H34N2O2S/c1-18-11-13-21(14-12-18)16-30-17-23(28)27(15-22-10-8-7-9-19(22)2)20(3)24(29)26-25(4,5)6/h7-14,20H,15-17H2,1-6H3,(H,26,29)/t20-/m0/s1. The smallest absolute Gasteiger partial charge is 0.242 e. The predicted molar refractivity (Wildman–Crippen MR) is 126 cm³/mol. The van der Waals surface area contributed by atoms with Crippen molar-refractivity contribution < 1.29 is 9.59 Å². The van der Waals surface area contributed by atoms with E-state index in [1.165, 1.54) is 11.1 Å². The van der Waals surface area contributed by atoms with Crippen LogP contribution in [0.25, 0.3) is 0 Å². The van der Waals surface area contributed by atoms with Gasteiger partial charge in [0.05, 0.1) is 5.75 Å². The molecule has 0 aromatic heterocycles. The summed E-state index contributed by atoms with van der Waals surface area (Å²) in [5, 5.41) is 3.00. The van der Waals surface area contributed by atoms with Crippen LogP contribution >= 0.6 is 11.8 Å². The molecule has 5 heteroatoms. The summed E-state index contributed by atoms with van der Waals surface area (Å²) in [4.78, 5) is 27.6. The molecule has 0 unspecified atom stereocenters. The molecule has 2 aromatic carbocycles. The molecule has 0 fully saturated rings. The van der Waals surface area contributed by atoms with Crippen LogP contribution in [0.1, 0.15) is 49.9 Å². The van der Waals surface area contributed by atoms with Gasteiger partial charge in [-0.3, -0.25) is 9.59 Å². The second kappa shape index (κ2) is 10.7. The summed E-state index contributed by atoms with van der Waals surface area (Å²) in [5.41, 5.74) is 4.25. The van der Waals surface area contributed by atoms with E-state index in [9.17, 15) is 9.59 Å². The van der Waals surface area contributed by atoms with Crippen molar-refractivity contribution in [2.45, 2.75) is 65.4 Å². The Morgan fingerprint density at radius 3 is 2.27 bits per heavy atom. The van der Waals surface area contributed by atoms with Gasteiger partial charge in [0, 0.05) is 17.8 Å². The van der Waals surface area contributed by atoms with Crippen molar-refractivity contribution in [2.75, 3.05) is 5.75 Å². The zero-order chi connectivity index (χ0) is 22.3. The molecule has 0 spiro atoms. The third-order valence-electron chi connectivity index (χ3n) is 4.88. The molecule has 162 valence electrons. The highest BCUT2D eigenvalue weighted by atomic mass is 32.2. The normalized spacial score (nSPS) is 12.3. The zero-order valence-corrected chi connectivity index (χ0v) is 19.8. The molecule has 2 aromatic rings. The fourth-order valence-corrected chi connectivity index (χ4v) is 3.92. The first-order chi connectivity index (χ1) is 14.1. The van der Waals surface area contributed by atoms with Gasteiger partial charge in [0.1, 0.15) is 6.04 Å². The van der Waals surface area contributed by atoms with Crippen molar-refractivity contribution in [3.63, 3.8) is 0 Å². The van der Waals surface area contributed by atoms with E-state index in [-0.39, 0.29) is 17.4 Å². The molecule has 4 nitrogen and oxygen atoms in total. The van der Waals surface area contributed by atoms with Crippen LogP contribution in [-0.4, -0.2) is 34.0 Å². The molecule has 0 radical (unpaired) electrons. The molecule has 0 heterocycles. The summed E-state index contributed by atoms with van der Waals surface area (Å²) in [6.45, 7) is 12.2. The van der Waals surface area contributed by atoms with Crippen molar-refractivity contribution >= 4 is 23.6 Å². The van der Waals surface area contributed by atoms with Gasteiger partial charge in [0.25, 0.3) is 0 Å². The number of amides is 2. The van der Waals surface area contributed by atoms with Crippen LogP contribution in [0.5, 0.6) is 0 Å². The van der Waals surface area contributed by atoms with Gasteiger partial charge in [-0.25, -0.2) is 0 Å². The van der Waals surface area contributed by atoms with Crippen LogP contribution in [0, 0.1) is 13.8 Å². The molecule has 30 heavy (non-hydrogen) atoms. The number of hydrogen-bond donors (Lipinski definition) is 1. The third kappa shape index (κ3) is 7.52. The number of nitrogens with one attached hydrogen (secondary N) is 1. The van der Waals surface area contributed by atoms with Crippen molar-refractivity contribution in [1.82, 2.24) is 10.2 Å². The molecule has 0 aliphatic rings. The molecule has 1 atom stereocenters. The number of nitrogens with zero attached hydrogens (tertiary/aromatic N) is 1. The highest BCUT2D eigenvalue weighted by Gasteiger charge is 2.28. The molecule has 0 bridgehead atoms. The molecule has 1 N–H and O–H groups in total. The van der Waals surface area contributed by atoms with Crippen LogP contribution in [0.4, 0.5) is 0 Å². The first-order valence-corrected chi connectivity index (χ1v) is 11.5. The van der Waals surface area contributed by atoms with Gasteiger partial charge < -0.3 is 10.2 Å². The lowest BCUT2D eigenvalue weighted by Crippen LogP contribution is -2.52. The lowest BCUT2D eigenvalue weighted by Gasteiger charge is -2.31. The lowest BCUT2D eigenvalue weighted by molar-refractivity contribution is -0.139. The first-order valence-electron chi connectivity index (χ1n) is 10.4. The highest BCUT2D eigenvalue weighted by molar-refractivity contribution is 7.99. The van der Waals surface area contributed by atoms with Gasteiger partial charge >= 0.3 is 0 Å². The summed E-state index contributed by atoms with van der Waals surface area (Å²) < 4.78 is 0. The average Bonchev–Trinajstić information content (AvgIpc) is 2.67. The predicted octanol–water partition coefficient (Wildman–Crippen LogP) is 4.87. The van der Waals surface area contributed by atoms with Gasteiger partial charge in [-0.15, -0.1) is 11.8 Å². The Labute approximate surface area is 185 Å². The maximum atomic E-state index is 13.1. The Kier molecular flexibility index (Phi) is 8.54. The van der Waals surface area contributed by atoms with Gasteiger partial charge in [0.2, 0.25) is 11.8 Å². The number of benzene rings is 2. The minimum absolute atomic E-state index is 0.0214. The number of carbonyl (C=O) groups is 2. The molecule has 0 saturated carbocycles. The molecule has 2 amide bonds. The Morgan fingerprint density at radius 2 is 1.67 bits per heavy atom. The monoisotopic (exact) mass is 426 g/mol. The minimum atomic E-state index is -0.545. The van der Waals surface area contributed by atoms with E-state index >= 15 is 0 Å². The Hall–Kier alpha value is -2.27. The van der Waals surface area contributed by atoms with Gasteiger partial charge in [-0.1, -0.05) is 54.1 Å². The number of carbonyl (C=O) groups excluding carboxylic acids is 2. The largest absolute Gasteiger partial charge is 0.350 e. The summed E-state index contributed by atoms with van der Waals surface area (Å²) in [6, 6.07) is 15.8. The number of hydrogen-bond acceptors (Lipinski definition) is 3. The van der Waals surface area contributed by atoms with Crippen molar-refractivity contribution in [3.05, 3.63) is 70.8 Å². The van der Waals surface area contributed by atoms with Crippen LogP contribution in [-0.2, 0) is 21.9 Å². The second-order valence-corrected chi connectivity index (χ2v) is 9.83. The SMILES string of the molecule is Cc1ccc(CSCC(=O)N(Cc2ccccc2C)[C@@H](C)C(=O)NC(C)(C)C)cc1. The molecular weight excluding hydrogens is 392 g/mol. The summed E-state index contributed by atoms with van der Waals surface area (Å²) >= 11 is 1.58. The van der Waals surface area contributed by atoms with E-state index in [2.05, 4.69) is 36.5 Å². The molecule has 0 saturated heterocycles.